The number of nitrogens with one attached hydrogen (secondary N) is 1. The van der Waals surface area contributed by atoms with E-state index >= 15 is 0 Å². The van der Waals surface area contributed by atoms with Crippen LogP contribution < -0.4 is 5.32 Å². The predicted molar refractivity (Wildman–Crippen MR) is 214 cm³/mol. The van der Waals surface area contributed by atoms with Crippen LogP contribution in [0.5, 0.6) is 0 Å². The van der Waals surface area contributed by atoms with Crippen molar-refractivity contribution >= 4 is 24.2 Å². The summed E-state index contributed by atoms with van der Waals surface area (Å²) >= 11 is 0. The maximum atomic E-state index is 13.0. The Morgan fingerprint density at radius 1 is 0.623 bits per heavy atom. The molecule has 1 aromatic rings. The molecule has 0 radical (unpaired) electrons. The van der Waals surface area contributed by atoms with Crippen LogP contribution in [-0.2, 0) is 35.1 Å². The Morgan fingerprint density at radius 2 is 1.02 bits per heavy atom. The number of rotatable bonds is 38. The Labute approximate surface area is 322 Å². The molecule has 0 aliphatic heterocycles. The van der Waals surface area contributed by atoms with Gasteiger partial charge in [0.1, 0.15) is 19.5 Å². The van der Waals surface area contributed by atoms with Crippen molar-refractivity contribution in [3.63, 3.8) is 0 Å². The number of esters is 3. The molecule has 0 aromatic carbocycles. The molecular weight excluding hydrogens is 668 g/mol. The highest BCUT2D eigenvalue weighted by Crippen LogP contribution is 2.15. The molecule has 0 spiro atoms. The largest absolute Gasteiger partial charge is 0.462 e. The summed E-state index contributed by atoms with van der Waals surface area (Å²) in [5, 5.41) is 2.92. The number of aromatic nitrogens is 1. The number of nitrogens with zero attached hydrogens (tertiary/aromatic N) is 1. The van der Waals surface area contributed by atoms with Crippen LogP contribution in [0.2, 0.25) is 0 Å². The summed E-state index contributed by atoms with van der Waals surface area (Å²) in [4.78, 5) is 53.0. The Balaban J connectivity index is 2.39. The summed E-state index contributed by atoms with van der Waals surface area (Å²) in [5.74, 6) is -1.33. The van der Waals surface area contributed by atoms with Gasteiger partial charge in [-0.05, 0) is 25.0 Å². The average molecular weight is 745 g/mol. The molecule has 304 valence electrons. The van der Waals surface area contributed by atoms with E-state index in [1.54, 1.807) is 6.07 Å². The number of hydrogen-bond acceptors (Lipinski definition) is 9. The first-order chi connectivity index (χ1) is 26.0. The maximum Gasteiger partial charge on any atom is 0.338 e. The minimum Gasteiger partial charge on any atom is -0.462 e. The lowest BCUT2D eigenvalue weighted by atomic mass is 10.0. The Kier molecular flexibility index (Phi) is 32.9. The third-order valence-electron chi connectivity index (χ3n) is 9.69. The van der Waals surface area contributed by atoms with Crippen molar-refractivity contribution in [1.82, 2.24) is 10.3 Å². The van der Waals surface area contributed by atoms with Crippen molar-refractivity contribution < 1.29 is 33.4 Å². The number of pyridine rings is 1. The fourth-order valence-corrected chi connectivity index (χ4v) is 6.39. The van der Waals surface area contributed by atoms with Crippen LogP contribution in [0.3, 0.4) is 0 Å². The zero-order valence-electron chi connectivity index (χ0n) is 33.8. The van der Waals surface area contributed by atoms with Gasteiger partial charge in [-0.15, -0.1) is 0 Å². The van der Waals surface area contributed by atoms with Gasteiger partial charge in [-0.1, -0.05) is 168 Å². The molecule has 0 aliphatic carbocycles. The molecule has 1 heterocycles. The molecule has 0 unspecified atom stereocenters. The number of aldehydes is 1. The van der Waals surface area contributed by atoms with Crippen LogP contribution in [0.4, 0.5) is 0 Å². The Hall–Kier alpha value is -2.81. The lowest BCUT2D eigenvalue weighted by Gasteiger charge is -2.18. The van der Waals surface area contributed by atoms with Gasteiger partial charge in [0.25, 0.3) is 0 Å². The first-order valence-corrected chi connectivity index (χ1v) is 21.6. The molecule has 9 heteroatoms. The molecule has 53 heavy (non-hydrogen) atoms. The zero-order valence-corrected chi connectivity index (χ0v) is 33.8. The van der Waals surface area contributed by atoms with Crippen LogP contribution in [0, 0.1) is 0 Å². The molecule has 0 amide bonds. The molecular formula is C44H76N2O7. The standard InChI is InChI=1S/C44H76N2O7/c1-3-5-7-9-11-13-15-17-19-21-23-25-27-29-42(48)51-37-41(53-44(50)39-31-32-46-40(35-39)36-45-33-34-47)38-52-43(49)30-28-26-24-22-20-18-16-14-12-10-8-6-4-2/h31-32,34-35,41,45H,3-30,33,36-38H2,1-2H3. The van der Waals surface area contributed by atoms with Gasteiger partial charge in [0.15, 0.2) is 6.10 Å². The molecule has 0 atom stereocenters. The molecule has 0 saturated carbocycles. The summed E-state index contributed by atoms with van der Waals surface area (Å²) in [6.07, 6.45) is 33.9. The monoisotopic (exact) mass is 745 g/mol. The van der Waals surface area contributed by atoms with Gasteiger partial charge < -0.3 is 24.3 Å². The van der Waals surface area contributed by atoms with E-state index in [1.807, 2.05) is 0 Å². The van der Waals surface area contributed by atoms with Crippen molar-refractivity contribution in [3.05, 3.63) is 29.6 Å². The highest BCUT2D eigenvalue weighted by Gasteiger charge is 2.21. The van der Waals surface area contributed by atoms with Gasteiger partial charge >= 0.3 is 17.9 Å². The number of unbranched alkanes of at least 4 members (excludes halogenated alkanes) is 24. The van der Waals surface area contributed by atoms with Crippen molar-refractivity contribution in [2.24, 2.45) is 0 Å². The molecule has 1 rings (SSSR count). The van der Waals surface area contributed by atoms with Gasteiger partial charge in [0.2, 0.25) is 0 Å². The van der Waals surface area contributed by atoms with E-state index < -0.39 is 12.1 Å². The summed E-state index contributed by atoms with van der Waals surface area (Å²) < 4.78 is 16.6. The van der Waals surface area contributed by atoms with Crippen molar-refractivity contribution in [3.8, 4) is 0 Å². The Morgan fingerprint density at radius 3 is 1.42 bits per heavy atom. The minimum atomic E-state index is -0.932. The third-order valence-corrected chi connectivity index (χ3v) is 9.69. The fourth-order valence-electron chi connectivity index (χ4n) is 6.39. The van der Waals surface area contributed by atoms with Crippen LogP contribution in [0.25, 0.3) is 0 Å². The van der Waals surface area contributed by atoms with Gasteiger partial charge in [-0.2, -0.15) is 0 Å². The van der Waals surface area contributed by atoms with E-state index in [0.29, 0.717) is 25.1 Å². The van der Waals surface area contributed by atoms with Crippen LogP contribution >= 0.6 is 0 Å². The van der Waals surface area contributed by atoms with Gasteiger partial charge in [0.05, 0.1) is 17.8 Å². The van der Waals surface area contributed by atoms with Gasteiger partial charge in [0, 0.05) is 25.6 Å². The molecule has 0 saturated heterocycles. The van der Waals surface area contributed by atoms with E-state index in [9.17, 15) is 19.2 Å². The second kappa shape index (κ2) is 36.2. The van der Waals surface area contributed by atoms with E-state index in [4.69, 9.17) is 14.2 Å². The van der Waals surface area contributed by atoms with Gasteiger partial charge in [-0.3, -0.25) is 14.6 Å². The minimum absolute atomic E-state index is 0.174. The van der Waals surface area contributed by atoms with Crippen molar-refractivity contribution in [2.45, 2.75) is 206 Å². The van der Waals surface area contributed by atoms with E-state index in [1.165, 1.54) is 141 Å². The second-order valence-electron chi connectivity index (χ2n) is 14.7. The number of ether oxygens (including phenoxy) is 3. The quantitative estimate of drug-likeness (QED) is 0.0305. The van der Waals surface area contributed by atoms with E-state index in [0.717, 1.165) is 44.8 Å². The van der Waals surface area contributed by atoms with Gasteiger partial charge in [-0.25, -0.2) is 4.79 Å². The van der Waals surface area contributed by atoms with Crippen molar-refractivity contribution in [2.75, 3.05) is 19.8 Å². The molecule has 9 nitrogen and oxygen atoms in total. The number of carbonyl (C=O) groups excluding carboxylic acids is 4. The Bertz CT molecular complexity index is 1000. The van der Waals surface area contributed by atoms with Crippen LogP contribution in [-0.4, -0.2) is 55.0 Å². The molecule has 1 aromatic heterocycles. The molecule has 0 bridgehead atoms. The number of hydrogen-bond donors (Lipinski definition) is 1. The maximum absolute atomic E-state index is 13.0. The molecule has 0 aliphatic rings. The fraction of sp³-hybridized carbons (Fsp3) is 0.795. The SMILES string of the molecule is CCCCCCCCCCCCCCCC(=O)OCC(COC(=O)CCCCCCCCCCCCCCC)OC(=O)c1ccnc(CNCC=O)c1. The van der Waals surface area contributed by atoms with E-state index in [2.05, 4.69) is 24.1 Å². The second-order valence-corrected chi connectivity index (χ2v) is 14.7. The lowest BCUT2D eigenvalue weighted by Crippen LogP contribution is -2.31. The summed E-state index contributed by atoms with van der Waals surface area (Å²) in [5.41, 5.74) is 0.843. The highest BCUT2D eigenvalue weighted by atomic mass is 16.6. The predicted octanol–water partition coefficient (Wildman–Crippen LogP) is 10.9. The number of carbonyl (C=O) groups is 4. The summed E-state index contributed by atoms with van der Waals surface area (Å²) in [7, 11) is 0. The molecule has 0 fully saturated rings. The topological polar surface area (TPSA) is 121 Å². The summed E-state index contributed by atoms with van der Waals surface area (Å²) in [6.45, 7) is 4.62. The summed E-state index contributed by atoms with van der Waals surface area (Å²) in [6, 6.07) is 3.11. The highest BCUT2D eigenvalue weighted by molar-refractivity contribution is 5.89. The van der Waals surface area contributed by atoms with Crippen LogP contribution in [0.1, 0.15) is 210 Å². The van der Waals surface area contributed by atoms with Crippen molar-refractivity contribution in [1.29, 1.82) is 0 Å². The third kappa shape index (κ3) is 30.2. The first-order valence-electron chi connectivity index (χ1n) is 21.6. The lowest BCUT2D eigenvalue weighted by molar-refractivity contribution is -0.153. The zero-order chi connectivity index (χ0) is 38.5. The normalized spacial score (nSPS) is 11.2. The first kappa shape index (κ1) is 48.2. The molecule has 1 N–H and O–H groups in total. The average Bonchev–Trinajstić information content (AvgIpc) is 3.16. The smallest absolute Gasteiger partial charge is 0.338 e. The van der Waals surface area contributed by atoms with Crippen LogP contribution in [0.15, 0.2) is 18.3 Å². The van der Waals surface area contributed by atoms with E-state index in [-0.39, 0.29) is 37.3 Å².